The monoisotopic (exact) mass is 370 g/mol. The quantitative estimate of drug-likeness (QED) is 0.805. The van der Waals surface area contributed by atoms with Crippen LogP contribution in [0.3, 0.4) is 0 Å². The third-order valence-corrected chi connectivity index (χ3v) is 7.44. The average molecular weight is 370 g/mol. The fraction of sp³-hybridized carbons (Fsp3) is 0.636. The van der Waals surface area contributed by atoms with Crippen LogP contribution in [0.1, 0.15) is 51.4 Å². The largest absolute Gasteiger partial charge is 0.305 e. The van der Waals surface area contributed by atoms with E-state index in [-0.39, 0.29) is 24.1 Å². The van der Waals surface area contributed by atoms with Gasteiger partial charge in [-0.25, -0.2) is 9.29 Å². The number of carbonyl (C=O) groups is 2. The highest BCUT2D eigenvalue weighted by Crippen LogP contribution is 2.61. The molecule has 1 unspecified atom stereocenters. The molecule has 1 aromatic rings. The molecule has 2 amide bonds. The van der Waals surface area contributed by atoms with Crippen molar-refractivity contribution in [2.45, 2.75) is 57.4 Å². The van der Waals surface area contributed by atoms with E-state index < -0.39 is 6.04 Å². The van der Waals surface area contributed by atoms with Crippen molar-refractivity contribution < 1.29 is 14.0 Å². The van der Waals surface area contributed by atoms with Crippen molar-refractivity contribution in [1.29, 1.82) is 0 Å². The number of nitrogens with one attached hydrogen (secondary N) is 1. The standard InChI is InChI=1S/C22H27FN2O2/c23-17-1-3-18(4-2-17)25-20(26)10-19(21(25)27)24-6-5-22-11-14-7-15(12-22)9-16(8-14)13-22/h1-4,14-16,19,24H,5-13H2. The first kappa shape index (κ1) is 17.4. The van der Waals surface area contributed by atoms with Gasteiger partial charge in [0.2, 0.25) is 5.91 Å². The van der Waals surface area contributed by atoms with Gasteiger partial charge in [0.05, 0.1) is 18.2 Å². The van der Waals surface area contributed by atoms with Crippen LogP contribution in [0.25, 0.3) is 0 Å². The normalized spacial score (nSPS) is 37.4. The van der Waals surface area contributed by atoms with Crippen molar-refractivity contribution in [2.75, 3.05) is 11.4 Å². The molecule has 0 radical (unpaired) electrons. The van der Waals surface area contributed by atoms with Gasteiger partial charge in [0.1, 0.15) is 5.82 Å². The van der Waals surface area contributed by atoms with Crippen molar-refractivity contribution in [3.05, 3.63) is 30.1 Å². The Kier molecular flexibility index (Phi) is 4.12. The number of nitrogens with zero attached hydrogens (tertiary/aromatic N) is 1. The Hall–Kier alpha value is -1.75. The van der Waals surface area contributed by atoms with Crippen LogP contribution in [0.4, 0.5) is 10.1 Å². The second-order valence-electron chi connectivity index (χ2n) is 9.42. The third kappa shape index (κ3) is 3.10. The van der Waals surface area contributed by atoms with Crippen molar-refractivity contribution in [2.24, 2.45) is 23.2 Å². The van der Waals surface area contributed by atoms with E-state index in [9.17, 15) is 14.0 Å². The molecule has 4 aliphatic carbocycles. The molecule has 27 heavy (non-hydrogen) atoms. The molecule has 4 nitrogen and oxygen atoms in total. The van der Waals surface area contributed by atoms with Gasteiger partial charge >= 0.3 is 0 Å². The molecule has 6 rings (SSSR count). The third-order valence-electron chi connectivity index (χ3n) is 7.44. The van der Waals surface area contributed by atoms with Gasteiger partial charge in [-0.05, 0) is 98.9 Å². The summed E-state index contributed by atoms with van der Waals surface area (Å²) in [5, 5.41) is 3.36. The zero-order valence-electron chi connectivity index (χ0n) is 15.6. The first-order valence-electron chi connectivity index (χ1n) is 10.4. The van der Waals surface area contributed by atoms with Gasteiger partial charge in [0, 0.05) is 0 Å². The Bertz CT molecular complexity index is 725. The van der Waals surface area contributed by atoms with E-state index in [0.717, 1.165) is 30.7 Å². The van der Waals surface area contributed by atoms with Gasteiger partial charge in [-0.15, -0.1) is 0 Å². The van der Waals surface area contributed by atoms with Crippen LogP contribution in [0.15, 0.2) is 24.3 Å². The summed E-state index contributed by atoms with van der Waals surface area (Å²) in [6.07, 6.45) is 9.71. The smallest absolute Gasteiger partial charge is 0.251 e. The lowest BCUT2D eigenvalue weighted by Gasteiger charge is -2.57. The maximum absolute atomic E-state index is 13.1. The molecule has 5 fully saturated rings. The van der Waals surface area contributed by atoms with Crippen LogP contribution in [-0.2, 0) is 9.59 Å². The summed E-state index contributed by atoms with van der Waals surface area (Å²) < 4.78 is 13.1. The molecule has 1 aromatic carbocycles. The van der Waals surface area contributed by atoms with Crippen molar-refractivity contribution >= 4 is 17.5 Å². The molecule has 1 atom stereocenters. The maximum atomic E-state index is 13.1. The lowest BCUT2D eigenvalue weighted by atomic mass is 9.49. The van der Waals surface area contributed by atoms with E-state index >= 15 is 0 Å². The number of benzene rings is 1. The van der Waals surface area contributed by atoms with Crippen LogP contribution in [0.2, 0.25) is 0 Å². The number of rotatable bonds is 5. The highest BCUT2D eigenvalue weighted by Gasteiger charge is 2.50. The molecular weight excluding hydrogens is 343 g/mol. The van der Waals surface area contributed by atoms with Gasteiger partial charge in [0.25, 0.3) is 5.91 Å². The summed E-state index contributed by atoms with van der Waals surface area (Å²) in [4.78, 5) is 26.2. The van der Waals surface area contributed by atoms with Crippen molar-refractivity contribution in [1.82, 2.24) is 5.32 Å². The molecular formula is C22H27FN2O2. The first-order valence-corrected chi connectivity index (χ1v) is 10.4. The molecule has 144 valence electrons. The number of halogens is 1. The summed E-state index contributed by atoms with van der Waals surface area (Å²) in [6.45, 7) is 0.799. The van der Waals surface area contributed by atoms with Crippen LogP contribution >= 0.6 is 0 Å². The highest BCUT2D eigenvalue weighted by atomic mass is 19.1. The van der Waals surface area contributed by atoms with Crippen molar-refractivity contribution in [3.8, 4) is 0 Å². The highest BCUT2D eigenvalue weighted by molar-refractivity contribution is 6.22. The number of hydrogen-bond donors (Lipinski definition) is 1. The fourth-order valence-corrected chi connectivity index (χ4v) is 6.76. The molecule has 4 bridgehead atoms. The molecule has 5 heteroatoms. The van der Waals surface area contributed by atoms with E-state index in [1.54, 1.807) is 0 Å². The summed E-state index contributed by atoms with van der Waals surface area (Å²) in [5.41, 5.74) is 0.932. The van der Waals surface area contributed by atoms with E-state index in [1.807, 2.05) is 0 Å². The first-order chi connectivity index (χ1) is 13.0. The van der Waals surface area contributed by atoms with Gasteiger partial charge in [0.15, 0.2) is 0 Å². The fourth-order valence-electron chi connectivity index (χ4n) is 6.76. The van der Waals surface area contributed by atoms with E-state index in [0.29, 0.717) is 11.1 Å². The number of carbonyl (C=O) groups excluding carboxylic acids is 2. The lowest BCUT2D eigenvalue weighted by molar-refractivity contribution is -0.121. The zero-order chi connectivity index (χ0) is 18.6. The minimum atomic E-state index is -0.448. The second kappa shape index (κ2) is 6.40. The van der Waals surface area contributed by atoms with Gasteiger partial charge < -0.3 is 5.32 Å². The number of hydrogen-bond acceptors (Lipinski definition) is 3. The number of imide groups is 1. The van der Waals surface area contributed by atoms with Gasteiger partial charge in [-0.2, -0.15) is 0 Å². The minimum Gasteiger partial charge on any atom is -0.305 e. The van der Waals surface area contributed by atoms with Crippen LogP contribution in [0, 0.1) is 29.0 Å². The summed E-state index contributed by atoms with van der Waals surface area (Å²) >= 11 is 0. The van der Waals surface area contributed by atoms with Crippen LogP contribution < -0.4 is 10.2 Å². The van der Waals surface area contributed by atoms with Crippen molar-refractivity contribution in [3.63, 3.8) is 0 Å². The van der Waals surface area contributed by atoms with Crippen LogP contribution in [-0.4, -0.2) is 24.4 Å². The molecule has 0 aromatic heterocycles. The summed E-state index contributed by atoms with van der Waals surface area (Å²) in [5.74, 6) is 2.00. The van der Waals surface area contributed by atoms with Gasteiger partial charge in [-0.1, -0.05) is 0 Å². The predicted octanol–water partition coefficient (Wildman–Crippen LogP) is 3.65. The molecule has 4 saturated carbocycles. The number of amides is 2. The SMILES string of the molecule is O=C1CC(NCCC23CC4CC(CC(C4)C2)C3)C(=O)N1c1ccc(F)cc1. The Labute approximate surface area is 159 Å². The summed E-state index contributed by atoms with van der Waals surface area (Å²) in [7, 11) is 0. The second-order valence-corrected chi connectivity index (χ2v) is 9.42. The predicted molar refractivity (Wildman–Crippen MR) is 101 cm³/mol. The Morgan fingerprint density at radius 2 is 1.59 bits per heavy atom. The molecule has 1 heterocycles. The molecule has 5 aliphatic rings. The lowest BCUT2D eigenvalue weighted by Crippen LogP contribution is -2.48. The topological polar surface area (TPSA) is 49.4 Å². The number of anilines is 1. The molecule has 1 saturated heterocycles. The maximum Gasteiger partial charge on any atom is 0.251 e. The van der Waals surface area contributed by atoms with E-state index in [2.05, 4.69) is 5.32 Å². The van der Waals surface area contributed by atoms with E-state index in [4.69, 9.17) is 0 Å². The minimum absolute atomic E-state index is 0.192. The molecule has 1 N–H and O–H groups in total. The van der Waals surface area contributed by atoms with Crippen LogP contribution in [0.5, 0.6) is 0 Å². The Morgan fingerprint density at radius 1 is 1.00 bits per heavy atom. The molecule has 0 spiro atoms. The Balaban J connectivity index is 1.20. The van der Waals surface area contributed by atoms with Gasteiger partial charge in [-0.3, -0.25) is 9.59 Å². The Morgan fingerprint density at radius 3 is 2.19 bits per heavy atom. The average Bonchev–Trinajstić information content (AvgIpc) is 2.88. The summed E-state index contributed by atoms with van der Waals surface area (Å²) in [6, 6.07) is 5.09. The molecule has 1 aliphatic heterocycles. The van der Waals surface area contributed by atoms with E-state index in [1.165, 1.54) is 67.7 Å². The zero-order valence-corrected chi connectivity index (χ0v) is 15.6.